The fourth-order valence-corrected chi connectivity index (χ4v) is 1.89. The lowest BCUT2D eigenvalue weighted by atomic mass is 10.0. The minimum atomic E-state index is -0.539. The Bertz CT molecular complexity index is 561. The quantitative estimate of drug-likeness (QED) is 0.740. The van der Waals surface area contributed by atoms with Crippen molar-refractivity contribution in [3.05, 3.63) is 69.5 Å². The molecule has 0 aliphatic heterocycles. The first kappa shape index (κ1) is 12.1. The van der Waals surface area contributed by atoms with Crippen LogP contribution < -0.4 is 0 Å². The zero-order valence-electron chi connectivity index (χ0n) is 8.58. The van der Waals surface area contributed by atoms with Gasteiger partial charge in [-0.2, -0.15) is 0 Å². The number of ketones is 1. The lowest BCUT2D eigenvalue weighted by Crippen LogP contribution is -2.01. The number of carbonyl (C=O) groups is 1. The Morgan fingerprint density at radius 1 is 0.941 bits per heavy atom. The summed E-state index contributed by atoms with van der Waals surface area (Å²) in [4.78, 5) is 12.0. The van der Waals surface area contributed by atoms with Crippen LogP contribution in [0.5, 0.6) is 0 Å². The molecule has 0 aliphatic carbocycles. The van der Waals surface area contributed by atoms with E-state index in [0.717, 1.165) is 12.1 Å². The van der Waals surface area contributed by atoms with E-state index >= 15 is 0 Å². The summed E-state index contributed by atoms with van der Waals surface area (Å²) in [5.41, 5.74) is 0.608. The van der Waals surface area contributed by atoms with Crippen LogP contribution >= 0.6 is 23.2 Å². The molecule has 4 heteroatoms. The highest BCUT2D eigenvalue weighted by molar-refractivity contribution is 6.32. The third kappa shape index (κ3) is 2.84. The molecule has 0 saturated heterocycles. The molecule has 0 aromatic heterocycles. The predicted molar refractivity (Wildman–Crippen MR) is 66.3 cm³/mol. The molecule has 2 rings (SSSR count). The molecule has 0 saturated carbocycles. The molecule has 1 nitrogen and oxygen atoms in total. The fourth-order valence-electron chi connectivity index (χ4n) is 1.48. The minimum Gasteiger partial charge on any atom is -0.289 e. The van der Waals surface area contributed by atoms with Crippen molar-refractivity contribution in [3.63, 3.8) is 0 Å². The van der Waals surface area contributed by atoms with E-state index in [2.05, 4.69) is 0 Å². The van der Waals surface area contributed by atoms with Crippen LogP contribution in [-0.4, -0.2) is 5.78 Å². The van der Waals surface area contributed by atoms with Crippen LogP contribution in [0.15, 0.2) is 42.5 Å². The Labute approximate surface area is 108 Å². The molecule has 0 atom stereocenters. The molecule has 17 heavy (non-hydrogen) atoms. The van der Waals surface area contributed by atoms with Gasteiger partial charge in [-0.3, -0.25) is 4.79 Å². The average molecular weight is 269 g/mol. The maximum absolute atomic E-state index is 13.1. The van der Waals surface area contributed by atoms with E-state index in [1.807, 2.05) is 0 Å². The van der Waals surface area contributed by atoms with E-state index < -0.39 is 5.82 Å². The van der Waals surface area contributed by atoms with Gasteiger partial charge in [0.2, 0.25) is 0 Å². The van der Waals surface area contributed by atoms with Gasteiger partial charge in [0, 0.05) is 21.2 Å². The van der Waals surface area contributed by atoms with Gasteiger partial charge in [-0.1, -0.05) is 35.3 Å². The third-order valence-corrected chi connectivity index (χ3v) is 2.66. The number of hydrogen-bond donors (Lipinski definition) is 0. The second-order valence-electron chi connectivity index (χ2n) is 3.50. The topological polar surface area (TPSA) is 17.1 Å². The molecule has 0 unspecified atom stereocenters. The first-order chi connectivity index (χ1) is 8.06. The zero-order chi connectivity index (χ0) is 12.4. The van der Waals surface area contributed by atoms with Crippen molar-refractivity contribution < 1.29 is 9.18 Å². The molecule has 0 fully saturated rings. The Morgan fingerprint density at radius 3 is 2.29 bits per heavy atom. The predicted octanol–water partition coefficient (Wildman–Crippen LogP) is 4.36. The number of halogens is 3. The summed E-state index contributed by atoms with van der Waals surface area (Å²) < 4.78 is 13.1. The van der Waals surface area contributed by atoms with Crippen molar-refractivity contribution in [1.82, 2.24) is 0 Å². The lowest BCUT2D eigenvalue weighted by molar-refractivity contribution is 0.103. The molecular formula is C13H7Cl2FO. The molecule has 86 valence electrons. The van der Waals surface area contributed by atoms with Crippen molar-refractivity contribution >= 4 is 29.0 Å². The Morgan fingerprint density at radius 2 is 1.65 bits per heavy atom. The summed E-state index contributed by atoms with van der Waals surface area (Å²) in [5.74, 6) is -0.850. The maximum Gasteiger partial charge on any atom is 0.193 e. The van der Waals surface area contributed by atoms with Gasteiger partial charge in [-0.25, -0.2) is 4.39 Å². The van der Waals surface area contributed by atoms with E-state index in [9.17, 15) is 9.18 Å². The van der Waals surface area contributed by atoms with Crippen molar-refractivity contribution in [1.29, 1.82) is 0 Å². The monoisotopic (exact) mass is 268 g/mol. The Kier molecular flexibility index (Phi) is 3.46. The van der Waals surface area contributed by atoms with Crippen LogP contribution in [0.4, 0.5) is 4.39 Å². The zero-order valence-corrected chi connectivity index (χ0v) is 10.1. The summed E-state index contributed by atoms with van der Waals surface area (Å²) in [6.07, 6.45) is 0. The second kappa shape index (κ2) is 4.86. The van der Waals surface area contributed by atoms with Gasteiger partial charge in [0.05, 0.1) is 0 Å². The first-order valence-electron chi connectivity index (χ1n) is 4.82. The molecule has 0 radical (unpaired) electrons. The van der Waals surface area contributed by atoms with Crippen LogP contribution in [0.2, 0.25) is 10.0 Å². The first-order valence-corrected chi connectivity index (χ1v) is 5.58. The van der Waals surface area contributed by atoms with Gasteiger partial charge in [-0.15, -0.1) is 0 Å². The highest BCUT2D eigenvalue weighted by Gasteiger charge is 2.11. The van der Waals surface area contributed by atoms with Gasteiger partial charge < -0.3 is 0 Å². The number of benzene rings is 2. The summed E-state index contributed by atoms with van der Waals surface area (Å²) in [7, 11) is 0. The van der Waals surface area contributed by atoms with Gasteiger partial charge in [0.15, 0.2) is 5.78 Å². The van der Waals surface area contributed by atoms with Crippen molar-refractivity contribution in [2.75, 3.05) is 0 Å². The lowest BCUT2D eigenvalue weighted by Gasteiger charge is -2.02. The van der Waals surface area contributed by atoms with E-state index in [0.29, 0.717) is 10.6 Å². The third-order valence-electron chi connectivity index (χ3n) is 2.21. The Hall–Kier alpha value is -1.38. The largest absolute Gasteiger partial charge is 0.289 e. The van der Waals surface area contributed by atoms with Gasteiger partial charge in [-0.05, 0) is 30.3 Å². The molecular weight excluding hydrogens is 262 g/mol. The SMILES string of the molecule is O=C(c1cccc(Cl)c1)c1cc(F)cc(Cl)c1. The van der Waals surface area contributed by atoms with Gasteiger partial charge in [0.1, 0.15) is 5.82 Å². The molecule has 0 N–H and O–H groups in total. The summed E-state index contributed by atoms with van der Waals surface area (Å²) in [6.45, 7) is 0. The van der Waals surface area contributed by atoms with E-state index in [-0.39, 0.29) is 16.4 Å². The molecule has 0 heterocycles. The number of hydrogen-bond acceptors (Lipinski definition) is 1. The molecule has 0 aliphatic rings. The van der Waals surface area contributed by atoms with E-state index in [4.69, 9.17) is 23.2 Å². The van der Waals surface area contributed by atoms with Crippen molar-refractivity contribution in [3.8, 4) is 0 Å². The second-order valence-corrected chi connectivity index (χ2v) is 4.37. The fraction of sp³-hybridized carbons (Fsp3) is 0. The maximum atomic E-state index is 13.1. The normalized spacial score (nSPS) is 10.3. The highest BCUT2D eigenvalue weighted by Crippen LogP contribution is 2.19. The average Bonchev–Trinajstić information content (AvgIpc) is 2.26. The molecule has 0 bridgehead atoms. The smallest absolute Gasteiger partial charge is 0.193 e. The summed E-state index contributed by atoms with van der Waals surface area (Å²) in [6, 6.07) is 10.2. The van der Waals surface area contributed by atoms with Gasteiger partial charge in [0.25, 0.3) is 0 Å². The standard InChI is InChI=1S/C13H7Cl2FO/c14-10-3-1-2-8(4-10)13(17)9-5-11(15)7-12(16)6-9/h1-7H. The van der Waals surface area contributed by atoms with Crippen molar-refractivity contribution in [2.24, 2.45) is 0 Å². The van der Waals surface area contributed by atoms with Crippen LogP contribution in [0.1, 0.15) is 15.9 Å². The van der Waals surface area contributed by atoms with Crippen molar-refractivity contribution in [2.45, 2.75) is 0 Å². The molecule has 0 spiro atoms. The minimum absolute atomic E-state index is 0.190. The molecule has 2 aromatic carbocycles. The number of carbonyl (C=O) groups excluding carboxylic acids is 1. The summed E-state index contributed by atoms with van der Waals surface area (Å²) in [5, 5.41) is 0.647. The van der Waals surface area contributed by atoms with E-state index in [1.165, 1.54) is 12.1 Å². The van der Waals surface area contributed by atoms with Crippen LogP contribution in [0, 0.1) is 5.82 Å². The van der Waals surface area contributed by atoms with Crippen LogP contribution in [0.3, 0.4) is 0 Å². The summed E-state index contributed by atoms with van der Waals surface area (Å²) >= 11 is 11.5. The van der Waals surface area contributed by atoms with Crippen LogP contribution in [0.25, 0.3) is 0 Å². The highest BCUT2D eigenvalue weighted by atomic mass is 35.5. The van der Waals surface area contributed by atoms with Gasteiger partial charge >= 0.3 is 0 Å². The molecule has 0 amide bonds. The number of rotatable bonds is 2. The molecule has 2 aromatic rings. The van der Waals surface area contributed by atoms with E-state index in [1.54, 1.807) is 18.2 Å². The Balaban J connectivity index is 2.43. The van der Waals surface area contributed by atoms with Crippen LogP contribution in [-0.2, 0) is 0 Å².